The fraction of sp³-hybridized carbons (Fsp3) is 0.556. The Morgan fingerprint density at radius 3 is 2.93 bits per heavy atom. The summed E-state index contributed by atoms with van der Waals surface area (Å²) in [6.45, 7) is 2.61. The Hall–Kier alpha value is -1.20. The second kappa shape index (κ2) is 3.89. The van der Waals surface area contributed by atoms with Crippen LogP contribution in [0.1, 0.15) is 17.9 Å². The van der Waals surface area contributed by atoms with Gasteiger partial charge in [0.25, 0.3) is 5.56 Å². The molecule has 0 spiro atoms. The molecule has 0 unspecified atom stereocenters. The summed E-state index contributed by atoms with van der Waals surface area (Å²) in [5.41, 5.74) is 0.240. The number of aliphatic hydroxyl groups excluding tert-OH is 1. The average Bonchev–Trinajstić information content (AvgIpc) is 2.10. The van der Waals surface area contributed by atoms with E-state index in [0.29, 0.717) is 18.1 Å². The normalized spacial score (nSPS) is 16.6. The first-order valence-electron chi connectivity index (χ1n) is 4.70. The molecule has 1 saturated heterocycles. The van der Waals surface area contributed by atoms with Crippen molar-refractivity contribution in [2.75, 3.05) is 13.1 Å². The number of hydrogen-bond acceptors (Lipinski definition) is 4. The lowest BCUT2D eigenvalue weighted by atomic mass is 10.2. The Morgan fingerprint density at radius 2 is 2.36 bits per heavy atom. The van der Waals surface area contributed by atoms with Gasteiger partial charge in [-0.25, -0.2) is 4.98 Å². The average molecular weight is 195 g/mol. The van der Waals surface area contributed by atoms with Crippen LogP contribution in [0.2, 0.25) is 0 Å². The fourth-order valence-electron chi connectivity index (χ4n) is 1.47. The van der Waals surface area contributed by atoms with Crippen molar-refractivity contribution < 1.29 is 5.11 Å². The molecule has 2 rings (SSSR count). The minimum Gasteiger partial charge on any atom is -0.390 e. The van der Waals surface area contributed by atoms with Crippen LogP contribution in [0.5, 0.6) is 0 Å². The summed E-state index contributed by atoms with van der Waals surface area (Å²) >= 11 is 0. The third-order valence-electron chi connectivity index (χ3n) is 2.33. The molecule has 0 bridgehead atoms. The maximum Gasteiger partial charge on any atom is 0.251 e. The van der Waals surface area contributed by atoms with E-state index in [4.69, 9.17) is 5.11 Å². The second-order valence-corrected chi connectivity index (χ2v) is 3.47. The lowest BCUT2D eigenvalue weighted by Crippen LogP contribution is -2.37. The van der Waals surface area contributed by atoms with Crippen LogP contribution < -0.4 is 5.56 Å². The van der Waals surface area contributed by atoms with Gasteiger partial charge in [-0.15, -0.1) is 0 Å². The molecule has 0 amide bonds. The van der Waals surface area contributed by atoms with Crippen LogP contribution in [0, 0.1) is 0 Å². The summed E-state index contributed by atoms with van der Waals surface area (Å²) in [7, 11) is 0. The highest BCUT2D eigenvalue weighted by molar-refractivity contribution is 5.01. The quantitative estimate of drug-likeness (QED) is 0.680. The van der Waals surface area contributed by atoms with Crippen LogP contribution in [0.3, 0.4) is 0 Å². The largest absolute Gasteiger partial charge is 0.390 e. The number of nitrogens with one attached hydrogen (secondary N) is 1. The van der Waals surface area contributed by atoms with Gasteiger partial charge in [-0.1, -0.05) is 0 Å². The summed E-state index contributed by atoms with van der Waals surface area (Å²) in [6, 6.07) is 1.32. The molecule has 0 radical (unpaired) electrons. The highest BCUT2D eigenvalue weighted by atomic mass is 16.3. The van der Waals surface area contributed by atoms with Gasteiger partial charge >= 0.3 is 0 Å². The van der Waals surface area contributed by atoms with Gasteiger partial charge in [0.15, 0.2) is 0 Å². The maximum absolute atomic E-state index is 11.1. The van der Waals surface area contributed by atoms with E-state index in [2.05, 4.69) is 14.9 Å². The minimum atomic E-state index is -0.195. The van der Waals surface area contributed by atoms with Gasteiger partial charge in [0.05, 0.1) is 18.8 Å². The van der Waals surface area contributed by atoms with E-state index in [-0.39, 0.29) is 12.2 Å². The summed E-state index contributed by atoms with van der Waals surface area (Å²) in [4.78, 5) is 20.1. The predicted molar refractivity (Wildman–Crippen MR) is 50.7 cm³/mol. The van der Waals surface area contributed by atoms with Crippen molar-refractivity contribution in [3.05, 3.63) is 27.9 Å². The number of rotatable bonds is 3. The monoisotopic (exact) mass is 195 g/mol. The molecule has 76 valence electrons. The Labute approximate surface area is 81.4 Å². The number of H-pyrrole nitrogens is 1. The molecular weight excluding hydrogens is 182 g/mol. The Kier molecular flexibility index (Phi) is 2.60. The number of aromatic amines is 1. The Bertz CT molecular complexity index is 371. The van der Waals surface area contributed by atoms with E-state index in [0.717, 1.165) is 13.1 Å². The van der Waals surface area contributed by atoms with E-state index in [1.807, 2.05) is 0 Å². The van der Waals surface area contributed by atoms with Crippen molar-refractivity contribution >= 4 is 0 Å². The molecule has 5 nitrogen and oxygen atoms in total. The van der Waals surface area contributed by atoms with Gasteiger partial charge in [0.1, 0.15) is 5.82 Å². The number of nitrogens with zero attached hydrogens (tertiary/aromatic N) is 2. The minimum absolute atomic E-state index is 0.184. The SMILES string of the molecule is O=c1cc(CO)nc(CN2CCC2)[nH]1. The van der Waals surface area contributed by atoms with Gasteiger partial charge in [-0.3, -0.25) is 9.69 Å². The Morgan fingerprint density at radius 1 is 1.57 bits per heavy atom. The zero-order chi connectivity index (χ0) is 9.97. The van der Waals surface area contributed by atoms with Gasteiger partial charge in [0, 0.05) is 6.07 Å². The molecule has 2 N–H and O–H groups in total. The van der Waals surface area contributed by atoms with Crippen molar-refractivity contribution in [3.63, 3.8) is 0 Å². The number of hydrogen-bond donors (Lipinski definition) is 2. The molecule has 0 atom stereocenters. The van der Waals surface area contributed by atoms with Gasteiger partial charge < -0.3 is 10.1 Å². The van der Waals surface area contributed by atoms with Crippen LogP contribution >= 0.6 is 0 Å². The van der Waals surface area contributed by atoms with Crippen LogP contribution in [-0.4, -0.2) is 33.1 Å². The van der Waals surface area contributed by atoms with E-state index in [9.17, 15) is 4.79 Å². The molecule has 1 fully saturated rings. The third-order valence-corrected chi connectivity index (χ3v) is 2.33. The summed E-state index contributed by atoms with van der Waals surface area (Å²) < 4.78 is 0. The standard InChI is InChI=1S/C9H13N3O2/c13-6-7-4-9(14)11-8(10-7)5-12-2-1-3-12/h4,13H,1-3,5-6H2,(H,10,11,14). The van der Waals surface area contributed by atoms with E-state index >= 15 is 0 Å². The molecule has 2 heterocycles. The van der Waals surface area contributed by atoms with Crippen molar-refractivity contribution in [3.8, 4) is 0 Å². The first kappa shape index (κ1) is 9.36. The van der Waals surface area contributed by atoms with Gasteiger partial charge in [-0.2, -0.15) is 0 Å². The molecule has 0 aliphatic carbocycles. The van der Waals surface area contributed by atoms with Gasteiger partial charge in [0.2, 0.25) is 0 Å². The molecule has 0 aromatic carbocycles. The zero-order valence-electron chi connectivity index (χ0n) is 7.86. The molecule has 0 saturated carbocycles. The molecule has 1 aliphatic rings. The summed E-state index contributed by atoms with van der Waals surface area (Å²) in [5.74, 6) is 0.640. The highest BCUT2D eigenvalue weighted by Gasteiger charge is 2.15. The van der Waals surface area contributed by atoms with Crippen molar-refractivity contribution in [1.29, 1.82) is 0 Å². The van der Waals surface area contributed by atoms with E-state index < -0.39 is 0 Å². The number of likely N-dealkylation sites (tertiary alicyclic amines) is 1. The number of aromatic nitrogens is 2. The molecule has 1 aromatic heterocycles. The third kappa shape index (κ3) is 2.00. The zero-order valence-corrected chi connectivity index (χ0v) is 7.86. The first-order valence-corrected chi connectivity index (χ1v) is 4.70. The molecule has 14 heavy (non-hydrogen) atoms. The molecule has 1 aliphatic heterocycles. The lowest BCUT2D eigenvalue weighted by Gasteiger charge is -2.29. The fourth-order valence-corrected chi connectivity index (χ4v) is 1.47. The van der Waals surface area contributed by atoms with Crippen LogP contribution in [0.25, 0.3) is 0 Å². The number of aliphatic hydroxyl groups is 1. The molecule has 1 aromatic rings. The van der Waals surface area contributed by atoms with Gasteiger partial charge in [-0.05, 0) is 19.5 Å². The van der Waals surface area contributed by atoms with Crippen LogP contribution in [-0.2, 0) is 13.2 Å². The molecular formula is C9H13N3O2. The smallest absolute Gasteiger partial charge is 0.251 e. The first-order chi connectivity index (χ1) is 6.78. The van der Waals surface area contributed by atoms with Crippen molar-refractivity contribution in [2.45, 2.75) is 19.6 Å². The summed E-state index contributed by atoms with van der Waals surface area (Å²) in [6.07, 6.45) is 1.21. The van der Waals surface area contributed by atoms with E-state index in [1.54, 1.807) is 0 Å². The Balaban J connectivity index is 2.15. The topological polar surface area (TPSA) is 69.2 Å². The van der Waals surface area contributed by atoms with E-state index in [1.165, 1.54) is 12.5 Å². The predicted octanol–water partition coefficient (Wildman–Crippen LogP) is -0.532. The molecule has 5 heteroatoms. The second-order valence-electron chi connectivity index (χ2n) is 3.47. The highest BCUT2D eigenvalue weighted by Crippen LogP contribution is 2.08. The summed E-state index contributed by atoms with van der Waals surface area (Å²) in [5, 5.41) is 8.86. The van der Waals surface area contributed by atoms with Crippen LogP contribution in [0.4, 0.5) is 0 Å². The van der Waals surface area contributed by atoms with Crippen LogP contribution in [0.15, 0.2) is 10.9 Å². The lowest BCUT2D eigenvalue weighted by molar-refractivity contribution is 0.167. The van der Waals surface area contributed by atoms with Crippen molar-refractivity contribution in [2.24, 2.45) is 0 Å². The van der Waals surface area contributed by atoms with Crippen molar-refractivity contribution in [1.82, 2.24) is 14.9 Å². The maximum atomic E-state index is 11.1.